The van der Waals surface area contributed by atoms with E-state index in [0.29, 0.717) is 13.2 Å². The Labute approximate surface area is 334 Å². The lowest BCUT2D eigenvalue weighted by molar-refractivity contribution is 0.00578. The molecule has 0 saturated carbocycles. The van der Waals surface area contributed by atoms with E-state index in [9.17, 15) is 0 Å². The molecule has 0 spiro atoms. The zero-order valence-corrected chi connectivity index (χ0v) is 37.1. The highest BCUT2D eigenvalue weighted by Crippen LogP contribution is 2.39. The van der Waals surface area contributed by atoms with E-state index in [4.69, 9.17) is 28.1 Å². The number of benzene rings is 1. The van der Waals surface area contributed by atoms with Gasteiger partial charge in [0.15, 0.2) is 0 Å². The molecule has 8 heteroatoms. The van der Waals surface area contributed by atoms with Gasteiger partial charge in [-0.05, 0) is 80.4 Å². The molecule has 0 bridgehead atoms. The molecule has 2 fully saturated rings. The molecule has 6 nitrogen and oxygen atoms in total. The van der Waals surface area contributed by atoms with E-state index in [2.05, 4.69) is 81.4 Å². The smallest absolute Gasteiger partial charge is 0.494 e. The Morgan fingerprint density at radius 1 is 0.370 bits per heavy atom. The Hall–Kier alpha value is -1.21. The van der Waals surface area contributed by atoms with Crippen LogP contribution in [0.2, 0.25) is 0 Å². The second-order valence-electron chi connectivity index (χ2n) is 18.6. The summed E-state index contributed by atoms with van der Waals surface area (Å²) in [4.78, 5) is 0. The first-order valence-corrected chi connectivity index (χ1v) is 22.9. The summed E-state index contributed by atoms with van der Waals surface area (Å²) < 4.78 is 39.7. The maximum absolute atomic E-state index is 6.63. The van der Waals surface area contributed by atoms with Gasteiger partial charge in [0.25, 0.3) is 0 Å². The predicted molar refractivity (Wildman–Crippen MR) is 231 cm³/mol. The standard InChI is InChI=1S/C46H84B2O6/c1-11-13-15-17-19-21-23-25-27-29-31-33-35-49-41-37-40(48-53-45(7,8)46(9,10)54-48)42(38-39(41)47-51-43(3,4)44(5,6)52-47)50-36-34-32-30-28-26-24-22-20-18-16-14-12-2/h37-38H,11-36H2,1-10H3. The normalized spacial score (nSPS) is 18.5. The second-order valence-corrected chi connectivity index (χ2v) is 18.6. The summed E-state index contributed by atoms with van der Waals surface area (Å²) >= 11 is 0. The van der Waals surface area contributed by atoms with Crippen LogP contribution in [0.15, 0.2) is 12.1 Å². The Bertz CT molecular complexity index is 1050. The topological polar surface area (TPSA) is 55.4 Å². The molecule has 54 heavy (non-hydrogen) atoms. The fourth-order valence-corrected chi connectivity index (χ4v) is 7.40. The van der Waals surface area contributed by atoms with Crippen LogP contribution in [-0.2, 0) is 18.6 Å². The summed E-state index contributed by atoms with van der Waals surface area (Å²) in [5.41, 5.74) is -0.124. The van der Waals surface area contributed by atoms with Gasteiger partial charge in [0, 0.05) is 10.9 Å². The molecule has 3 rings (SSSR count). The monoisotopic (exact) mass is 755 g/mol. The van der Waals surface area contributed by atoms with Crippen LogP contribution < -0.4 is 20.4 Å². The number of ether oxygens (including phenoxy) is 2. The van der Waals surface area contributed by atoms with Crippen LogP contribution in [0.25, 0.3) is 0 Å². The van der Waals surface area contributed by atoms with E-state index in [1.807, 2.05) is 0 Å². The van der Waals surface area contributed by atoms with Crippen molar-refractivity contribution < 1.29 is 28.1 Å². The molecule has 2 saturated heterocycles. The van der Waals surface area contributed by atoms with Crippen LogP contribution in [0.1, 0.15) is 223 Å². The van der Waals surface area contributed by atoms with E-state index in [1.165, 1.54) is 141 Å². The Balaban J connectivity index is 1.63. The lowest BCUT2D eigenvalue weighted by Gasteiger charge is -2.32. The lowest BCUT2D eigenvalue weighted by atomic mass is 9.72. The van der Waals surface area contributed by atoms with Gasteiger partial charge in [-0.3, -0.25) is 0 Å². The Kier molecular flexibility index (Phi) is 20.9. The second kappa shape index (κ2) is 23.9. The van der Waals surface area contributed by atoms with Crippen molar-refractivity contribution in [3.63, 3.8) is 0 Å². The summed E-state index contributed by atoms with van der Waals surface area (Å²) in [7, 11) is -1.12. The summed E-state index contributed by atoms with van der Waals surface area (Å²) in [5, 5.41) is 0. The first-order valence-electron chi connectivity index (χ1n) is 22.9. The van der Waals surface area contributed by atoms with Crippen molar-refractivity contribution in [2.75, 3.05) is 13.2 Å². The molecule has 0 unspecified atom stereocenters. The number of hydrogen-bond acceptors (Lipinski definition) is 6. The van der Waals surface area contributed by atoms with Crippen molar-refractivity contribution in [2.24, 2.45) is 0 Å². The minimum atomic E-state index is -0.562. The molecule has 1 aromatic carbocycles. The van der Waals surface area contributed by atoms with E-state index in [0.717, 1.165) is 35.3 Å². The molecule has 0 aliphatic carbocycles. The number of unbranched alkanes of at least 4 members (excludes halogenated alkanes) is 22. The maximum atomic E-state index is 6.63. The van der Waals surface area contributed by atoms with Gasteiger partial charge in [-0.25, -0.2) is 0 Å². The van der Waals surface area contributed by atoms with Crippen molar-refractivity contribution >= 4 is 25.2 Å². The van der Waals surface area contributed by atoms with Crippen molar-refractivity contribution in [1.82, 2.24) is 0 Å². The van der Waals surface area contributed by atoms with Gasteiger partial charge in [-0.1, -0.05) is 155 Å². The SMILES string of the molecule is CCCCCCCCCCCCCCOc1cc(B2OC(C)(C)C(C)(C)O2)c(OCCCCCCCCCCCCCC)cc1B1OC(C)(C)C(C)(C)O1. The summed E-state index contributed by atoms with van der Waals surface area (Å²) in [5.74, 6) is 1.53. The third-order valence-corrected chi connectivity index (χ3v) is 12.7. The summed E-state index contributed by atoms with van der Waals surface area (Å²) in [6.07, 6.45) is 31.6. The van der Waals surface area contributed by atoms with E-state index in [1.54, 1.807) is 0 Å². The van der Waals surface area contributed by atoms with E-state index < -0.39 is 36.6 Å². The number of hydrogen-bond donors (Lipinski definition) is 0. The first kappa shape index (κ1) is 47.2. The molecule has 2 heterocycles. The predicted octanol–water partition coefficient (Wildman–Crippen LogP) is 12.4. The first-order chi connectivity index (χ1) is 25.7. The van der Waals surface area contributed by atoms with Crippen LogP contribution >= 0.6 is 0 Å². The van der Waals surface area contributed by atoms with Crippen molar-refractivity contribution in [3.8, 4) is 11.5 Å². The van der Waals surface area contributed by atoms with Gasteiger partial charge in [-0.2, -0.15) is 0 Å². The average Bonchev–Trinajstić information content (AvgIpc) is 3.47. The Morgan fingerprint density at radius 3 is 0.833 bits per heavy atom. The number of rotatable bonds is 30. The van der Waals surface area contributed by atoms with Crippen molar-refractivity contribution in [1.29, 1.82) is 0 Å². The van der Waals surface area contributed by atoms with Gasteiger partial charge >= 0.3 is 14.2 Å². The van der Waals surface area contributed by atoms with Gasteiger partial charge < -0.3 is 28.1 Å². The molecule has 310 valence electrons. The minimum Gasteiger partial charge on any atom is -0.494 e. The molecule has 0 N–H and O–H groups in total. The molecule has 1 aromatic rings. The highest BCUT2D eigenvalue weighted by molar-refractivity contribution is 6.66. The summed E-state index contributed by atoms with van der Waals surface area (Å²) in [6.45, 7) is 22.7. The molecule has 2 aliphatic heterocycles. The average molecular weight is 755 g/mol. The highest BCUT2D eigenvalue weighted by Gasteiger charge is 2.55. The molecular weight excluding hydrogens is 670 g/mol. The lowest BCUT2D eigenvalue weighted by Crippen LogP contribution is -2.41. The zero-order chi connectivity index (χ0) is 39.5. The van der Waals surface area contributed by atoms with E-state index >= 15 is 0 Å². The van der Waals surface area contributed by atoms with Crippen LogP contribution in [0, 0.1) is 0 Å². The molecule has 0 aromatic heterocycles. The van der Waals surface area contributed by atoms with Crippen LogP contribution in [0.3, 0.4) is 0 Å². The van der Waals surface area contributed by atoms with Gasteiger partial charge in [-0.15, -0.1) is 0 Å². The van der Waals surface area contributed by atoms with Gasteiger partial charge in [0.05, 0.1) is 35.6 Å². The van der Waals surface area contributed by atoms with Crippen LogP contribution in [0.4, 0.5) is 0 Å². The van der Waals surface area contributed by atoms with Crippen molar-refractivity contribution in [3.05, 3.63) is 12.1 Å². The van der Waals surface area contributed by atoms with Crippen molar-refractivity contribution in [2.45, 2.75) is 246 Å². The fraction of sp³-hybridized carbons (Fsp3) is 0.870. The molecule has 0 atom stereocenters. The molecule has 0 radical (unpaired) electrons. The van der Waals surface area contributed by atoms with Gasteiger partial charge in [0.1, 0.15) is 11.5 Å². The van der Waals surface area contributed by atoms with Crippen LogP contribution in [0.5, 0.6) is 11.5 Å². The summed E-state index contributed by atoms with van der Waals surface area (Å²) in [6, 6.07) is 4.17. The van der Waals surface area contributed by atoms with Crippen LogP contribution in [-0.4, -0.2) is 49.9 Å². The van der Waals surface area contributed by atoms with Gasteiger partial charge in [0.2, 0.25) is 0 Å². The molecule has 2 aliphatic rings. The highest BCUT2D eigenvalue weighted by atomic mass is 16.7. The fourth-order valence-electron chi connectivity index (χ4n) is 7.40. The minimum absolute atomic E-state index is 0.467. The quantitative estimate of drug-likeness (QED) is 0.0576. The molecular formula is C46H84B2O6. The Morgan fingerprint density at radius 2 is 0.593 bits per heavy atom. The molecule has 0 amide bonds. The third-order valence-electron chi connectivity index (χ3n) is 12.7. The zero-order valence-electron chi connectivity index (χ0n) is 37.1. The third kappa shape index (κ3) is 15.3. The van der Waals surface area contributed by atoms with E-state index in [-0.39, 0.29) is 0 Å². The maximum Gasteiger partial charge on any atom is 0.498 e. The largest absolute Gasteiger partial charge is 0.498 e.